The predicted octanol–water partition coefficient (Wildman–Crippen LogP) is 4.40. The third kappa shape index (κ3) is 4.79. The molecule has 37 heavy (non-hydrogen) atoms. The van der Waals surface area contributed by atoms with Crippen LogP contribution in [0.3, 0.4) is 0 Å². The van der Waals surface area contributed by atoms with E-state index in [1.165, 1.54) is 6.07 Å². The first kappa shape index (κ1) is 23.5. The van der Waals surface area contributed by atoms with Crippen LogP contribution >= 0.6 is 0 Å². The predicted molar refractivity (Wildman–Crippen MR) is 138 cm³/mol. The second-order valence-electron chi connectivity index (χ2n) is 8.44. The molecule has 5 rings (SSSR count). The van der Waals surface area contributed by atoms with Crippen molar-refractivity contribution in [2.45, 2.75) is 13.1 Å². The van der Waals surface area contributed by atoms with E-state index in [1.54, 1.807) is 53.7 Å². The quantitative estimate of drug-likeness (QED) is 0.366. The van der Waals surface area contributed by atoms with Gasteiger partial charge in [-0.3, -0.25) is 14.6 Å². The number of hydrogen-bond donors (Lipinski definition) is 2. The first-order valence-corrected chi connectivity index (χ1v) is 11.5. The number of aromatic hydroxyl groups is 1. The Kier molecular flexibility index (Phi) is 6.43. The van der Waals surface area contributed by atoms with Gasteiger partial charge in [-0.05, 0) is 34.9 Å². The SMILES string of the molecule is N#Cc1nc(C(=O)N(Cc2ccccc2)Cc2ccncc2)c(O)c2cc(-c3ccccc3)c(=O)[nH]c12. The molecule has 0 atom stereocenters. The second kappa shape index (κ2) is 10.1. The Morgan fingerprint density at radius 3 is 2.22 bits per heavy atom. The number of carbonyl (C=O) groups is 1. The molecule has 3 aromatic heterocycles. The molecule has 3 heterocycles. The minimum absolute atomic E-state index is 0.0741. The number of benzene rings is 2. The van der Waals surface area contributed by atoms with E-state index in [9.17, 15) is 20.0 Å². The molecule has 5 aromatic rings. The van der Waals surface area contributed by atoms with Crippen LogP contribution in [-0.4, -0.2) is 30.9 Å². The van der Waals surface area contributed by atoms with Crippen molar-refractivity contribution in [3.8, 4) is 22.9 Å². The van der Waals surface area contributed by atoms with Gasteiger partial charge in [0.05, 0.1) is 5.52 Å². The highest BCUT2D eigenvalue weighted by molar-refractivity contribution is 6.02. The van der Waals surface area contributed by atoms with Crippen LogP contribution in [0.4, 0.5) is 0 Å². The smallest absolute Gasteiger partial charge is 0.276 e. The molecule has 0 saturated carbocycles. The lowest BCUT2D eigenvalue weighted by atomic mass is 10.0. The molecule has 0 aliphatic rings. The third-order valence-electron chi connectivity index (χ3n) is 6.00. The molecule has 0 aliphatic carbocycles. The number of rotatable bonds is 6. The number of aromatic nitrogens is 3. The van der Waals surface area contributed by atoms with Gasteiger partial charge in [0.1, 0.15) is 6.07 Å². The van der Waals surface area contributed by atoms with E-state index >= 15 is 0 Å². The number of fused-ring (bicyclic) bond motifs is 1. The number of pyridine rings is 3. The van der Waals surface area contributed by atoms with Gasteiger partial charge in [0.15, 0.2) is 17.1 Å². The summed E-state index contributed by atoms with van der Waals surface area (Å²) in [5.74, 6) is -0.954. The van der Waals surface area contributed by atoms with Crippen molar-refractivity contribution in [1.82, 2.24) is 19.9 Å². The Balaban J connectivity index is 1.64. The Morgan fingerprint density at radius 2 is 1.57 bits per heavy atom. The highest BCUT2D eigenvalue weighted by atomic mass is 16.3. The molecule has 0 spiro atoms. The topological polar surface area (TPSA) is 123 Å². The maximum atomic E-state index is 13.8. The number of H-pyrrole nitrogens is 1. The van der Waals surface area contributed by atoms with Crippen molar-refractivity contribution in [2.24, 2.45) is 0 Å². The number of nitriles is 1. The van der Waals surface area contributed by atoms with Gasteiger partial charge in [-0.15, -0.1) is 0 Å². The normalized spacial score (nSPS) is 10.7. The van der Waals surface area contributed by atoms with Crippen molar-refractivity contribution in [1.29, 1.82) is 5.26 Å². The molecule has 1 amide bonds. The van der Waals surface area contributed by atoms with Gasteiger partial charge in [0.2, 0.25) is 0 Å². The summed E-state index contributed by atoms with van der Waals surface area (Å²) in [6, 6.07) is 25.4. The molecule has 0 aliphatic heterocycles. The van der Waals surface area contributed by atoms with Crippen molar-refractivity contribution in [3.05, 3.63) is 124 Å². The van der Waals surface area contributed by atoms with E-state index in [-0.39, 0.29) is 35.4 Å². The van der Waals surface area contributed by atoms with Crippen molar-refractivity contribution in [3.63, 3.8) is 0 Å². The Labute approximate surface area is 212 Å². The molecular weight excluding hydrogens is 466 g/mol. The number of nitrogens with one attached hydrogen (secondary N) is 1. The van der Waals surface area contributed by atoms with Crippen molar-refractivity contribution in [2.75, 3.05) is 0 Å². The lowest BCUT2D eigenvalue weighted by Gasteiger charge is -2.23. The number of nitrogens with zero attached hydrogens (tertiary/aromatic N) is 4. The lowest BCUT2D eigenvalue weighted by molar-refractivity contribution is 0.0721. The van der Waals surface area contributed by atoms with Gasteiger partial charge in [0, 0.05) is 36.4 Å². The fourth-order valence-corrected chi connectivity index (χ4v) is 4.18. The van der Waals surface area contributed by atoms with E-state index in [0.717, 1.165) is 11.1 Å². The first-order valence-electron chi connectivity index (χ1n) is 11.5. The summed E-state index contributed by atoms with van der Waals surface area (Å²) in [5.41, 5.74) is 1.89. The Hall–Kier alpha value is -5.29. The van der Waals surface area contributed by atoms with Crippen LogP contribution < -0.4 is 5.56 Å². The molecule has 0 fully saturated rings. The van der Waals surface area contributed by atoms with Gasteiger partial charge >= 0.3 is 0 Å². The van der Waals surface area contributed by atoms with Gasteiger partial charge in [0.25, 0.3) is 11.5 Å². The summed E-state index contributed by atoms with van der Waals surface area (Å²) in [6.45, 7) is 0.488. The molecular formula is C29H21N5O3. The molecule has 0 radical (unpaired) electrons. The maximum absolute atomic E-state index is 13.8. The summed E-state index contributed by atoms with van der Waals surface area (Å²) < 4.78 is 0. The zero-order valence-corrected chi connectivity index (χ0v) is 19.6. The molecule has 0 saturated heterocycles. The zero-order chi connectivity index (χ0) is 25.8. The van der Waals surface area contributed by atoms with Gasteiger partial charge in [-0.1, -0.05) is 60.7 Å². The summed E-state index contributed by atoms with van der Waals surface area (Å²) in [4.78, 5) is 39.0. The van der Waals surface area contributed by atoms with Crippen LogP contribution in [0.1, 0.15) is 27.3 Å². The van der Waals surface area contributed by atoms with Crippen LogP contribution in [0.25, 0.3) is 22.0 Å². The van der Waals surface area contributed by atoms with E-state index < -0.39 is 17.2 Å². The average Bonchev–Trinajstić information content (AvgIpc) is 2.94. The van der Waals surface area contributed by atoms with E-state index in [1.807, 2.05) is 42.5 Å². The number of aromatic amines is 1. The average molecular weight is 488 g/mol. The van der Waals surface area contributed by atoms with E-state index in [2.05, 4.69) is 15.0 Å². The molecule has 0 unspecified atom stereocenters. The molecule has 2 N–H and O–H groups in total. The number of carbonyl (C=O) groups excluding carboxylic acids is 1. The molecule has 2 aromatic carbocycles. The fourth-order valence-electron chi connectivity index (χ4n) is 4.18. The molecule has 0 bridgehead atoms. The van der Waals surface area contributed by atoms with Crippen LogP contribution in [0.15, 0.2) is 96.1 Å². The van der Waals surface area contributed by atoms with Crippen molar-refractivity contribution < 1.29 is 9.90 Å². The summed E-state index contributed by atoms with van der Waals surface area (Å²) >= 11 is 0. The largest absolute Gasteiger partial charge is 0.505 e. The van der Waals surface area contributed by atoms with Crippen LogP contribution in [0.5, 0.6) is 5.75 Å². The van der Waals surface area contributed by atoms with Crippen LogP contribution in [0.2, 0.25) is 0 Å². The van der Waals surface area contributed by atoms with Crippen molar-refractivity contribution >= 4 is 16.8 Å². The highest BCUT2D eigenvalue weighted by Crippen LogP contribution is 2.31. The van der Waals surface area contributed by atoms with Gasteiger partial charge in [-0.2, -0.15) is 5.26 Å². The molecule has 8 nitrogen and oxygen atoms in total. The summed E-state index contributed by atoms with van der Waals surface area (Å²) in [7, 11) is 0. The zero-order valence-electron chi connectivity index (χ0n) is 19.6. The van der Waals surface area contributed by atoms with Crippen LogP contribution in [-0.2, 0) is 13.1 Å². The van der Waals surface area contributed by atoms with Gasteiger partial charge in [-0.25, -0.2) is 4.98 Å². The second-order valence-corrected chi connectivity index (χ2v) is 8.44. The Bertz CT molecular complexity index is 1640. The minimum Gasteiger partial charge on any atom is -0.505 e. The van der Waals surface area contributed by atoms with Crippen LogP contribution in [0, 0.1) is 11.3 Å². The lowest BCUT2D eigenvalue weighted by Crippen LogP contribution is -2.31. The molecule has 180 valence electrons. The number of amides is 1. The fraction of sp³-hybridized carbons (Fsp3) is 0.0690. The first-order chi connectivity index (χ1) is 18.0. The summed E-state index contributed by atoms with van der Waals surface area (Å²) in [5, 5.41) is 21.2. The minimum atomic E-state index is -0.552. The molecule has 8 heteroatoms. The van der Waals surface area contributed by atoms with E-state index in [0.29, 0.717) is 11.1 Å². The summed E-state index contributed by atoms with van der Waals surface area (Å²) in [6.07, 6.45) is 3.28. The monoisotopic (exact) mass is 487 g/mol. The maximum Gasteiger partial charge on any atom is 0.276 e. The Morgan fingerprint density at radius 1 is 0.946 bits per heavy atom. The highest BCUT2D eigenvalue weighted by Gasteiger charge is 2.25. The standard InChI is InChI=1S/C29H21N5O3/c30-16-24-25-23(15-22(28(36)33-25)21-9-5-2-6-10-21)27(35)26(32-24)29(37)34(17-19-7-3-1-4-8-19)18-20-11-13-31-14-12-20/h1-15,35H,17-18H2,(H,33,36). The number of hydrogen-bond acceptors (Lipinski definition) is 6. The van der Waals surface area contributed by atoms with E-state index in [4.69, 9.17) is 0 Å². The third-order valence-corrected chi connectivity index (χ3v) is 6.00. The van der Waals surface area contributed by atoms with Gasteiger partial charge < -0.3 is 15.0 Å².